The number of fused-ring (bicyclic) bond motifs is 1. The normalized spacial score (nSPS) is 29.6. The number of carbonyl (C=O) groups excluding carboxylic acids is 2. The summed E-state index contributed by atoms with van der Waals surface area (Å²) in [7, 11) is 0. The van der Waals surface area contributed by atoms with Crippen molar-refractivity contribution in [3.63, 3.8) is 0 Å². The van der Waals surface area contributed by atoms with Crippen molar-refractivity contribution in [1.29, 1.82) is 0 Å². The van der Waals surface area contributed by atoms with Crippen molar-refractivity contribution in [3.8, 4) is 0 Å². The maximum Gasteiger partial charge on any atom is 0.225 e. The van der Waals surface area contributed by atoms with Gasteiger partial charge in [-0.1, -0.05) is 6.42 Å². The summed E-state index contributed by atoms with van der Waals surface area (Å²) in [5, 5.41) is 3.16. The van der Waals surface area contributed by atoms with Crippen LogP contribution in [0.1, 0.15) is 44.3 Å². The van der Waals surface area contributed by atoms with Crippen LogP contribution in [0, 0.1) is 11.8 Å². The summed E-state index contributed by atoms with van der Waals surface area (Å²) >= 11 is 0. The zero-order valence-corrected chi connectivity index (χ0v) is 15.4. The Bertz CT molecular complexity index is 628. The van der Waals surface area contributed by atoms with Gasteiger partial charge in [0.2, 0.25) is 11.8 Å². The molecule has 3 saturated heterocycles. The molecule has 26 heavy (non-hydrogen) atoms. The molecule has 3 atom stereocenters. The number of rotatable bonds is 5. The lowest BCUT2D eigenvalue weighted by Gasteiger charge is -2.44. The number of piperidine rings is 2. The van der Waals surface area contributed by atoms with Gasteiger partial charge in [0, 0.05) is 25.6 Å². The van der Waals surface area contributed by atoms with Crippen LogP contribution in [-0.4, -0.2) is 53.8 Å². The Morgan fingerprint density at radius 1 is 1.23 bits per heavy atom. The number of hydrogen-bond donors (Lipinski definition) is 1. The van der Waals surface area contributed by atoms with Gasteiger partial charge in [0.1, 0.15) is 5.76 Å². The summed E-state index contributed by atoms with van der Waals surface area (Å²) in [5.41, 5.74) is 0. The minimum atomic E-state index is -0.233. The summed E-state index contributed by atoms with van der Waals surface area (Å²) < 4.78 is 5.32. The Balaban J connectivity index is 1.27. The van der Waals surface area contributed by atoms with E-state index in [2.05, 4.69) is 10.2 Å². The molecule has 1 aromatic rings. The largest absolute Gasteiger partial charge is 0.467 e. The first kappa shape index (κ1) is 17.6. The van der Waals surface area contributed by atoms with Gasteiger partial charge >= 0.3 is 0 Å². The molecule has 6 heteroatoms. The molecule has 0 spiro atoms. The molecular weight excluding hydrogens is 330 g/mol. The first-order valence-corrected chi connectivity index (χ1v) is 10.0. The average Bonchev–Trinajstić information content (AvgIpc) is 3.30. The average molecular weight is 359 g/mol. The van der Waals surface area contributed by atoms with Gasteiger partial charge in [-0.05, 0) is 56.8 Å². The lowest BCUT2D eigenvalue weighted by molar-refractivity contribution is -0.129. The fraction of sp³-hybridized carbons (Fsp3) is 0.700. The fourth-order valence-electron chi connectivity index (χ4n) is 4.88. The monoisotopic (exact) mass is 359 g/mol. The Morgan fingerprint density at radius 2 is 2.12 bits per heavy atom. The molecule has 4 heterocycles. The molecule has 3 aliphatic heterocycles. The molecule has 2 amide bonds. The van der Waals surface area contributed by atoms with E-state index in [4.69, 9.17) is 4.42 Å². The molecule has 0 unspecified atom stereocenters. The second-order valence-corrected chi connectivity index (χ2v) is 8.00. The second kappa shape index (κ2) is 7.82. The van der Waals surface area contributed by atoms with E-state index in [0.29, 0.717) is 31.5 Å². The molecule has 3 fully saturated rings. The molecule has 0 aliphatic carbocycles. The van der Waals surface area contributed by atoms with Crippen molar-refractivity contribution < 1.29 is 14.0 Å². The van der Waals surface area contributed by atoms with E-state index in [1.54, 1.807) is 11.2 Å². The van der Waals surface area contributed by atoms with Gasteiger partial charge in [-0.2, -0.15) is 0 Å². The highest BCUT2D eigenvalue weighted by Gasteiger charge is 2.36. The molecular formula is C20H29N3O3. The van der Waals surface area contributed by atoms with Gasteiger partial charge in [-0.25, -0.2) is 0 Å². The third-order valence-electron chi connectivity index (χ3n) is 6.28. The lowest BCUT2D eigenvalue weighted by Crippen LogP contribution is -2.51. The summed E-state index contributed by atoms with van der Waals surface area (Å²) in [4.78, 5) is 29.2. The van der Waals surface area contributed by atoms with Gasteiger partial charge < -0.3 is 19.5 Å². The van der Waals surface area contributed by atoms with Crippen LogP contribution in [0.25, 0.3) is 0 Å². The third kappa shape index (κ3) is 3.80. The maximum absolute atomic E-state index is 12.6. The molecule has 6 nitrogen and oxygen atoms in total. The molecule has 1 aromatic heterocycles. The van der Waals surface area contributed by atoms with Crippen molar-refractivity contribution in [1.82, 2.24) is 15.1 Å². The van der Waals surface area contributed by atoms with Gasteiger partial charge in [0.15, 0.2) is 0 Å². The molecule has 0 radical (unpaired) electrons. The highest BCUT2D eigenvalue weighted by molar-refractivity contribution is 5.89. The standard InChI is InChI=1S/C20H29N3O3/c24-19-11-16(13-23(19)14-17-6-4-10-26-17)20(25)21-12-15-5-3-9-22-8-2-1-7-18(15)22/h4,6,10,15-16,18H,1-3,5,7-9,11-14H2,(H,21,25)/t15-,16-,18-/m0/s1. The number of nitrogens with one attached hydrogen (secondary N) is 1. The Kier molecular flexibility index (Phi) is 5.29. The molecule has 3 aliphatic rings. The predicted molar refractivity (Wildman–Crippen MR) is 97.2 cm³/mol. The van der Waals surface area contributed by atoms with Gasteiger partial charge in [-0.15, -0.1) is 0 Å². The summed E-state index contributed by atoms with van der Waals surface area (Å²) in [5.74, 6) is 1.16. The highest BCUT2D eigenvalue weighted by Crippen LogP contribution is 2.30. The topological polar surface area (TPSA) is 65.8 Å². The van der Waals surface area contributed by atoms with E-state index in [0.717, 1.165) is 12.3 Å². The van der Waals surface area contributed by atoms with Crippen molar-refractivity contribution in [2.24, 2.45) is 11.8 Å². The van der Waals surface area contributed by atoms with E-state index < -0.39 is 0 Å². The number of carbonyl (C=O) groups is 2. The zero-order chi connectivity index (χ0) is 17.9. The Morgan fingerprint density at radius 3 is 2.96 bits per heavy atom. The van der Waals surface area contributed by atoms with E-state index in [1.807, 2.05) is 12.1 Å². The smallest absolute Gasteiger partial charge is 0.225 e. The predicted octanol–water partition coefficient (Wildman–Crippen LogP) is 2.01. The van der Waals surface area contributed by atoms with Crippen LogP contribution < -0.4 is 5.32 Å². The van der Waals surface area contributed by atoms with Crippen LogP contribution >= 0.6 is 0 Å². The van der Waals surface area contributed by atoms with Crippen LogP contribution in [-0.2, 0) is 16.1 Å². The van der Waals surface area contributed by atoms with E-state index >= 15 is 0 Å². The van der Waals surface area contributed by atoms with Crippen LogP contribution in [0.15, 0.2) is 22.8 Å². The molecule has 1 N–H and O–H groups in total. The Hall–Kier alpha value is -1.82. The number of likely N-dealkylation sites (tertiary alicyclic amines) is 1. The van der Waals surface area contributed by atoms with Crippen molar-refractivity contribution in [2.75, 3.05) is 26.2 Å². The summed E-state index contributed by atoms with van der Waals surface area (Å²) in [6.45, 7) is 4.13. The van der Waals surface area contributed by atoms with Gasteiger partial charge in [-0.3, -0.25) is 9.59 Å². The van der Waals surface area contributed by atoms with Crippen molar-refractivity contribution >= 4 is 11.8 Å². The fourth-order valence-corrected chi connectivity index (χ4v) is 4.88. The molecule has 0 aromatic carbocycles. The number of amides is 2. The SMILES string of the molecule is O=C(NC[C@@H]1CCCN2CCCC[C@@H]12)[C@H]1CC(=O)N(Cc2ccco2)C1. The van der Waals surface area contributed by atoms with Crippen molar-refractivity contribution in [2.45, 2.75) is 51.1 Å². The van der Waals surface area contributed by atoms with Crippen LogP contribution in [0.3, 0.4) is 0 Å². The quantitative estimate of drug-likeness (QED) is 0.873. The van der Waals surface area contributed by atoms with E-state index in [1.165, 1.54) is 45.2 Å². The lowest BCUT2D eigenvalue weighted by atomic mass is 9.83. The van der Waals surface area contributed by atoms with E-state index in [-0.39, 0.29) is 17.7 Å². The van der Waals surface area contributed by atoms with E-state index in [9.17, 15) is 9.59 Å². The Labute approximate surface area is 154 Å². The van der Waals surface area contributed by atoms with Gasteiger partial charge in [0.25, 0.3) is 0 Å². The second-order valence-electron chi connectivity index (χ2n) is 8.00. The first-order chi connectivity index (χ1) is 12.7. The minimum absolute atomic E-state index is 0.0354. The number of furan rings is 1. The van der Waals surface area contributed by atoms with Crippen LogP contribution in [0.4, 0.5) is 0 Å². The molecule has 4 rings (SSSR count). The van der Waals surface area contributed by atoms with Crippen LogP contribution in [0.5, 0.6) is 0 Å². The number of nitrogens with zero attached hydrogens (tertiary/aromatic N) is 2. The minimum Gasteiger partial charge on any atom is -0.467 e. The summed E-state index contributed by atoms with van der Waals surface area (Å²) in [6.07, 6.45) is 8.24. The summed E-state index contributed by atoms with van der Waals surface area (Å²) in [6, 6.07) is 4.32. The molecule has 0 saturated carbocycles. The number of hydrogen-bond acceptors (Lipinski definition) is 4. The molecule has 0 bridgehead atoms. The van der Waals surface area contributed by atoms with Crippen LogP contribution in [0.2, 0.25) is 0 Å². The first-order valence-electron chi connectivity index (χ1n) is 10.0. The molecule has 142 valence electrons. The maximum atomic E-state index is 12.6. The third-order valence-corrected chi connectivity index (χ3v) is 6.28. The van der Waals surface area contributed by atoms with Gasteiger partial charge in [0.05, 0.1) is 18.7 Å². The van der Waals surface area contributed by atoms with Crippen molar-refractivity contribution in [3.05, 3.63) is 24.2 Å². The zero-order valence-electron chi connectivity index (χ0n) is 15.4. The highest BCUT2D eigenvalue weighted by atomic mass is 16.3.